The zero-order valence-corrected chi connectivity index (χ0v) is 10.7. The van der Waals surface area contributed by atoms with E-state index in [1.165, 1.54) is 0 Å². The third-order valence-electron chi connectivity index (χ3n) is 2.47. The lowest BCUT2D eigenvalue weighted by molar-refractivity contribution is -0.143. The lowest BCUT2D eigenvalue weighted by Crippen LogP contribution is -2.26. The molecule has 100 valence electrons. The highest BCUT2D eigenvalue weighted by atomic mass is 16.5. The van der Waals surface area contributed by atoms with Crippen molar-refractivity contribution in [1.29, 1.82) is 0 Å². The minimum atomic E-state index is -0.154. The van der Waals surface area contributed by atoms with E-state index in [1.807, 2.05) is 6.07 Å². The molecule has 1 aromatic heterocycles. The fourth-order valence-electron chi connectivity index (χ4n) is 1.56. The summed E-state index contributed by atoms with van der Waals surface area (Å²) in [5.74, 6) is -0.154. The molecule has 0 aliphatic carbocycles. The van der Waals surface area contributed by atoms with Gasteiger partial charge < -0.3 is 14.6 Å². The van der Waals surface area contributed by atoms with Gasteiger partial charge in [0.15, 0.2) is 0 Å². The summed E-state index contributed by atoms with van der Waals surface area (Å²) in [5.41, 5.74) is 0.00539. The smallest absolute Gasteiger partial charge is 0.305 e. The van der Waals surface area contributed by atoms with Gasteiger partial charge in [-0.1, -0.05) is 6.07 Å². The fourth-order valence-corrected chi connectivity index (χ4v) is 1.56. The van der Waals surface area contributed by atoms with E-state index in [0.29, 0.717) is 26.1 Å². The van der Waals surface area contributed by atoms with Gasteiger partial charge in [-0.15, -0.1) is 0 Å². The van der Waals surface area contributed by atoms with E-state index in [-0.39, 0.29) is 11.5 Å². The van der Waals surface area contributed by atoms with Crippen LogP contribution in [-0.2, 0) is 16.1 Å². The van der Waals surface area contributed by atoms with Gasteiger partial charge in [0.1, 0.15) is 0 Å². The Bertz CT molecular complexity index is 415. The van der Waals surface area contributed by atoms with E-state index in [1.54, 1.807) is 29.8 Å². The van der Waals surface area contributed by atoms with Gasteiger partial charge in [0, 0.05) is 31.8 Å². The number of hydrogen-bond donors (Lipinski definition) is 1. The first-order valence-electron chi connectivity index (χ1n) is 6.26. The number of nitrogens with one attached hydrogen (secondary N) is 1. The molecule has 1 aromatic rings. The molecule has 1 N–H and O–H groups in total. The Hall–Kier alpha value is -1.62. The Balaban J connectivity index is 2.07. The number of hydrogen-bond acceptors (Lipinski definition) is 4. The van der Waals surface area contributed by atoms with Crippen LogP contribution in [0.1, 0.15) is 19.8 Å². The van der Waals surface area contributed by atoms with E-state index in [4.69, 9.17) is 4.74 Å². The average Bonchev–Trinajstić information content (AvgIpc) is 2.36. The lowest BCUT2D eigenvalue weighted by Gasteiger charge is -2.06. The molecule has 1 heterocycles. The van der Waals surface area contributed by atoms with Gasteiger partial charge in [-0.2, -0.15) is 0 Å². The van der Waals surface area contributed by atoms with Crippen LogP contribution in [0.3, 0.4) is 0 Å². The molecule has 0 saturated carbocycles. The molecule has 5 heteroatoms. The molecule has 0 aliphatic rings. The van der Waals surface area contributed by atoms with Crippen LogP contribution >= 0.6 is 0 Å². The molecule has 1 rings (SSSR count). The number of carbonyl (C=O) groups excluding carboxylic acids is 1. The van der Waals surface area contributed by atoms with Crippen molar-refractivity contribution in [2.45, 2.75) is 26.3 Å². The second-order valence-corrected chi connectivity index (χ2v) is 3.89. The summed E-state index contributed by atoms with van der Waals surface area (Å²) in [5, 5.41) is 3.19. The van der Waals surface area contributed by atoms with Crippen LogP contribution in [0.15, 0.2) is 29.2 Å². The molecule has 0 radical (unpaired) electrons. The van der Waals surface area contributed by atoms with Crippen molar-refractivity contribution in [2.75, 3.05) is 19.7 Å². The quantitative estimate of drug-likeness (QED) is 0.548. The molecule has 0 amide bonds. The maximum Gasteiger partial charge on any atom is 0.305 e. The van der Waals surface area contributed by atoms with Gasteiger partial charge in [-0.25, -0.2) is 0 Å². The number of esters is 1. The maximum atomic E-state index is 11.4. The molecule has 18 heavy (non-hydrogen) atoms. The van der Waals surface area contributed by atoms with Crippen molar-refractivity contribution in [3.05, 3.63) is 34.7 Å². The first-order chi connectivity index (χ1) is 8.74. The van der Waals surface area contributed by atoms with Gasteiger partial charge in [0.2, 0.25) is 0 Å². The number of ether oxygens (including phenoxy) is 1. The summed E-state index contributed by atoms with van der Waals surface area (Å²) in [6, 6.07) is 5.11. The first kappa shape index (κ1) is 14.4. The number of carbonyl (C=O) groups is 1. The van der Waals surface area contributed by atoms with Crippen LogP contribution in [0.5, 0.6) is 0 Å². The van der Waals surface area contributed by atoms with Gasteiger partial charge in [0.05, 0.1) is 6.61 Å². The number of rotatable bonds is 8. The van der Waals surface area contributed by atoms with Crippen molar-refractivity contribution < 1.29 is 9.53 Å². The Morgan fingerprint density at radius 2 is 2.22 bits per heavy atom. The summed E-state index contributed by atoms with van der Waals surface area (Å²) in [6.07, 6.45) is 2.96. The standard InChI is InChI=1S/C13H20N2O3/c1-2-18-13(17)7-5-8-14-9-11-15-10-4-3-6-12(15)16/h3-4,6,10,14H,2,5,7-9,11H2,1H3. The van der Waals surface area contributed by atoms with Crippen LogP contribution in [0.25, 0.3) is 0 Å². The molecule has 0 aromatic carbocycles. The predicted octanol–water partition coefficient (Wildman–Crippen LogP) is 0.781. The number of aromatic nitrogens is 1. The Morgan fingerprint density at radius 1 is 1.39 bits per heavy atom. The van der Waals surface area contributed by atoms with E-state index in [9.17, 15) is 9.59 Å². The van der Waals surface area contributed by atoms with Crippen molar-refractivity contribution in [1.82, 2.24) is 9.88 Å². The molecule has 0 spiro atoms. The van der Waals surface area contributed by atoms with E-state index >= 15 is 0 Å². The third kappa shape index (κ3) is 5.63. The zero-order valence-electron chi connectivity index (χ0n) is 10.7. The van der Waals surface area contributed by atoms with E-state index < -0.39 is 0 Å². The van der Waals surface area contributed by atoms with Crippen LogP contribution in [0, 0.1) is 0 Å². The molecule has 0 aliphatic heterocycles. The van der Waals surface area contributed by atoms with Crippen molar-refractivity contribution >= 4 is 5.97 Å². The summed E-state index contributed by atoms with van der Waals surface area (Å²) < 4.78 is 6.47. The molecule has 0 atom stereocenters. The highest BCUT2D eigenvalue weighted by Gasteiger charge is 2.00. The summed E-state index contributed by atoms with van der Waals surface area (Å²) in [4.78, 5) is 22.4. The van der Waals surface area contributed by atoms with Crippen molar-refractivity contribution in [3.63, 3.8) is 0 Å². The molecule has 0 saturated heterocycles. The van der Waals surface area contributed by atoms with Gasteiger partial charge >= 0.3 is 5.97 Å². The second-order valence-electron chi connectivity index (χ2n) is 3.89. The summed E-state index contributed by atoms with van der Waals surface area (Å²) in [7, 11) is 0. The molecule has 0 unspecified atom stereocenters. The number of nitrogens with zero attached hydrogens (tertiary/aromatic N) is 1. The highest BCUT2D eigenvalue weighted by Crippen LogP contribution is 1.91. The highest BCUT2D eigenvalue weighted by molar-refractivity contribution is 5.69. The molecule has 0 fully saturated rings. The lowest BCUT2D eigenvalue weighted by atomic mass is 10.3. The predicted molar refractivity (Wildman–Crippen MR) is 69.4 cm³/mol. The van der Waals surface area contributed by atoms with Crippen LogP contribution in [-0.4, -0.2) is 30.2 Å². The first-order valence-corrected chi connectivity index (χ1v) is 6.26. The van der Waals surface area contributed by atoms with Gasteiger partial charge in [0.25, 0.3) is 5.56 Å². The summed E-state index contributed by atoms with van der Waals surface area (Å²) in [6.45, 7) is 4.34. The largest absolute Gasteiger partial charge is 0.466 e. The van der Waals surface area contributed by atoms with Crippen LogP contribution in [0.2, 0.25) is 0 Å². The van der Waals surface area contributed by atoms with Gasteiger partial charge in [-0.05, 0) is 26.0 Å². The summed E-state index contributed by atoms with van der Waals surface area (Å²) >= 11 is 0. The second kappa shape index (κ2) is 8.47. The van der Waals surface area contributed by atoms with Crippen molar-refractivity contribution in [3.8, 4) is 0 Å². The van der Waals surface area contributed by atoms with Crippen LogP contribution < -0.4 is 10.9 Å². The molecular formula is C13H20N2O3. The fraction of sp³-hybridized carbons (Fsp3) is 0.538. The monoisotopic (exact) mass is 252 g/mol. The third-order valence-corrected chi connectivity index (χ3v) is 2.47. The Morgan fingerprint density at radius 3 is 2.94 bits per heavy atom. The minimum Gasteiger partial charge on any atom is -0.466 e. The van der Waals surface area contributed by atoms with Gasteiger partial charge in [-0.3, -0.25) is 9.59 Å². The SMILES string of the molecule is CCOC(=O)CCCNCCn1ccccc1=O. The normalized spacial score (nSPS) is 10.3. The Kier molecular flexibility index (Phi) is 6.79. The topological polar surface area (TPSA) is 60.3 Å². The van der Waals surface area contributed by atoms with Crippen LogP contribution in [0.4, 0.5) is 0 Å². The molecule has 5 nitrogen and oxygen atoms in total. The minimum absolute atomic E-state index is 0.00539. The number of pyridine rings is 1. The van der Waals surface area contributed by atoms with E-state index in [2.05, 4.69) is 5.32 Å². The average molecular weight is 252 g/mol. The maximum absolute atomic E-state index is 11.4. The van der Waals surface area contributed by atoms with Crippen molar-refractivity contribution in [2.24, 2.45) is 0 Å². The molecular weight excluding hydrogens is 232 g/mol. The van der Waals surface area contributed by atoms with E-state index in [0.717, 1.165) is 13.0 Å². The Labute approximate surface area is 107 Å². The molecule has 0 bridgehead atoms. The zero-order chi connectivity index (χ0) is 13.2.